The Morgan fingerprint density at radius 3 is 2.43 bits per heavy atom. The molecule has 8 heteroatoms. The zero-order chi connectivity index (χ0) is 24.4. The minimum Gasteiger partial charge on any atom is -0.372 e. The number of carbonyl (C=O) groups excluding carboxylic acids is 1. The van der Waals surface area contributed by atoms with E-state index < -0.39 is 0 Å². The molecule has 184 valence electrons. The minimum atomic E-state index is -0.266. The van der Waals surface area contributed by atoms with Crippen LogP contribution in [0.25, 0.3) is 0 Å². The number of nitrogens with zero attached hydrogens (tertiary/aromatic N) is 2. The normalized spacial score (nSPS) is 27.5. The molecule has 2 aromatic carbocycles. The molecule has 0 aliphatic carbocycles. The van der Waals surface area contributed by atoms with Crippen LogP contribution in [0.1, 0.15) is 38.4 Å². The smallest absolute Gasteiger partial charge is 0.242 e. The first-order valence-corrected chi connectivity index (χ1v) is 12.6. The van der Waals surface area contributed by atoms with Gasteiger partial charge < -0.3 is 10.2 Å². The summed E-state index contributed by atoms with van der Waals surface area (Å²) < 4.78 is 0. The molecule has 1 amide bonds. The van der Waals surface area contributed by atoms with Gasteiger partial charge in [0.2, 0.25) is 5.91 Å². The van der Waals surface area contributed by atoms with Crippen molar-refractivity contribution in [2.24, 2.45) is 17.3 Å². The summed E-state index contributed by atoms with van der Waals surface area (Å²) in [5, 5.41) is 20.2. The Hall–Kier alpha value is -3.12. The average Bonchev–Trinajstić information content (AvgIpc) is 2.89. The summed E-state index contributed by atoms with van der Waals surface area (Å²) >= 11 is 0. The lowest BCUT2D eigenvalue weighted by Crippen LogP contribution is -2.71. The molecule has 3 aliphatic rings. The van der Waals surface area contributed by atoms with Crippen LogP contribution in [0.2, 0.25) is 0 Å². The predicted octanol–water partition coefficient (Wildman–Crippen LogP) is 2.70. The number of carbonyl (C=O) groups is 1. The van der Waals surface area contributed by atoms with Crippen molar-refractivity contribution < 1.29 is 4.79 Å². The molecule has 2 aromatic rings. The molecule has 5 rings (SSSR count). The summed E-state index contributed by atoms with van der Waals surface area (Å²) in [6, 6.07) is 21.2. The van der Waals surface area contributed by atoms with Crippen LogP contribution in [-0.2, 0) is 4.79 Å². The molecule has 4 unspecified atom stereocenters. The van der Waals surface area contributed by atoms with Gasteiger partial charge in [-0.1, -0.05) is 30.3 Å². The molecule has 0 radical (unpaired) electrons. The Bertz CT molecular complexity index is 1060. The second kappa shape index (κ2) is 9.86. The molecule has 3 aliphatic heterocycles. The van der Waals surface area contributed by atoms with Crippen molar-refractivity contribution >= 4 is 17.3 Å². The number of hydrogen-bond acceptors (Lipinski definition) is 7. The zero-order valence-corrected chi connectivity index (χ0v) is 20.4. The second-order valence-corrected chi connectivity index (χ2v) is 10.4. The Labute approximate surface area is 207 Å². The lowest BCUT2D eigenvalue weighted by Gasteiger charge is -2.46. The maximum atomic E-state index is 12.7. The van der Waals surface area contributed by atoms with E-state index in [-0.39, 0.29) is 35.6 Å². The average molecular weight is 474 g/mol. The van der Waals surface area contributed by atoms with E-state index in [4.69, 9.17) is 0 Å². The van der Waals surface area contributed by atoms with Crippen molar-refractivity contribution in [3.05, 3.63) is 60.2 Å². The second-order valence-electron chi connectivity index (χ2n) is 10.4. The number of hydrazine groups is 1. The van der Waals surface area contributed by atoms with Gasteiger partial charge in [-0.25, -0.2) is 5.43 Å². The highest BCUT2D eigenvalue weighted by atomic mass is 16.2. The highest BCUT2D eigenvalue weighted by Crippen LogP contribution is 2.36. The molecule has 0 aromatic heterocycles. The molecule has 3 fully saturated rings. The van der Waals surface area contributed by atoms with Crippen LogP contribution in [0.15, 0.2) is 54.6 Å². The largest absolute Gasteiger partial charge is 0.372 e. The summed E-state index contributed by atoms with van der Waals surface area (Å²) in [7, 11) is 0. The van der Waals surface area contributed by atoms with Crippen molar-refractivity contribution in [2.75, 3.05) is 29.9 Å². The number of amides is 1. The monoisotopic (exact) mass is 473 g/mol. The van der Waals surface area contributed by atoms with Gasteiger partial charge in [-0.3, -0.25) is 20.9 Å². The Kier molecular flexibility index (Phi) is 6.65. The van der Waals surface area contributed by atoms with Crippen LogP contribution in [0.4, 0.5) is 11.4 Å². The van der Waals surface area contributed by atoms with E-state index in [1.54, 1.807) is 0 Å². The molecule has 0 spiro atoms. The first-order valence-electron chi connectivity index (χ1n) is 12.6. The first kappa shape index (κ1) is 23.6. The van der Waals surface area contributed by atoms with Gasteiger partial charge in [0.15, 0.2) is 0 Å². The van der Waals surface area contributed by atoms with Crippen LogP contribution in [-0.4, -0.2) is 37.7 Å². The fourth-order valence-electron chi connectivity index (χ4n) is 5.60. The van der Waals surface area contributed by atoms with Crippen LogP contribution in [0, 0.1) is 28.6 Å². The highest BCUT2D eigenvalue weighted by molar-refractivity contribution is 5.81. The standard InChI is InChI=1S/C27H35N7O/c1-27(2,17-28)19-12-14-34(15-13-19)21-10-8-20(9-11-21)30-25-23-22(16-29-33-26(23)35)31-24(32-25)18-6-4-3-5-7-18/h3-11,19,22-25,29-32H,12-16H2,1-2H3,(H,33,35). The quantitative estimate of drug-likeness (QED) is 0.455. The van der Waals surface area contributed by atoms with Gasteiger partial charge in [-0.2, -0.15) is 5.26 Å². The van der Waals surface area contributed by atoms with Crippen molar-refractivity contribution in [3.8, 4) is 6.07 Å². The molecule has 3 heterocycles. The van der Waals surface area contributed by atoms with Gasteiger partial charge in [0, 0.05) is 37.1 Å². The third-order valence-corrected chi connectivity index (χ3v) is 7.85. The molecule has 35 heavy (non-hydrogen) atoms. The number of fused-ring (bicyclic) bond motifs is 1. The van der Waals surface area contributed by atoms with Crippen LogP contribution >= 0.6 is 0 Å². The fraction of sp³-hybridized carbons (Fsp3) is 0.481. The summed E-state index contributed by atoms with van der Waals surface area (Å²) in [6.07, 6.45) is 1.79. The maximum Gasteiger partial charge on any atom is 0.242 e. The van der Waals surface area contributed by atoms with Gasteiger partial charge in [-0.15, -0.1) is 0 Å². The number of anilines is 2. The Morgan fingerprint density at radius 1 is 1.03 bits per heavy atom. The molecule has 0 saturated carbocycles. The number of rotatable bonds is 5. The predicted molar refractivity (Wildman–Crippen MR) is 137 cm³/mol. The van der Waals surface area contributed by atoms with E-state index in [1.807, 2.05) is 18.2 Å². The number of benzene rings is 2. The van der Waals surface area contributed by atoms with E-state index in [2.05, 4.69) is 88.0 Å². The molecule has 5 N–H and O–H groups in total. The van der Waals surface area contributed by atoms with E-state index in [1.165, 1.54) is 5.69 Å². The lowest BCUT2D eigenvalue weighted by atomic mass is 9.75. The van der Waals surface area contributed by atoms with Crippen molar-refractivity contribution in [2.45, 2.75) is 45.1 Å². The topological polar surface area (TPSA) is 104 Å². The number of nitriles is 1. The number of hydrogen-bond donors (Lipinski definition) is 5. The Morgan fingerprint density at radius 2 is 1.74 bits per heavy atom. The van der Waals surface area contributed by atoms with Gasteiger partial charge >= 0.3 is 0 Å². The van der Waals surface area contributed by atoms with E-state index >= 15 is 0 Å². The molecule has 4 atom stereocenters. The summed E-state index contributed by atoms with van der Waals surface area (Å²) in [5.41, 5.74) is 8.84. The van der Waals surface area contributed by atoms with E-state index in [0.717, 1.165) is 37.2 Å². The highest BCUT2D eigenvalue weighted by Gasteiger charge is 2.44. The molecule has 8 nitrogen and oxygen atoms in total. The van der Waals surface area contributed by atoms with Crippen molar-refractivity contribution in [3.63, 3.8) is 0 Å². The molecular weight excluding hydrogens is 438 g/mol. The van der Waals surface area contributed by atoms with Gasteiger partial charge in [0.25, 0.3) is 0 Å². The Balaban J connectivity index is 1.27. The summed E-state index contributed by atoms with van der Waals surface area (Å²) in [4.78, 5) is 15.1. The van der Waals surface area contributed by atoms with Crippen LogP contribution in [0.5, 0.6) is 0 Å². The number of nitrogens with one attached hydrogen (secondary N) is 5. The van der Waals surface area contributed by atoms with E-state index in [9.17, 15) is 10.1 Å². The third kappa shape index (κ3) is 4.98. The van der Waals surface area contributed by atoms with Gasteiger partial charge in [0.05, 0.1) is 29.7 Å². The van der Waals surface area contributed by atoms with Crippen LogP contribution in [0.3, 0.4) is 0 Å². The van der Waals surface area contributed by atoms with Gasteiger partial charge in [-0.05, 0) is 62.4 Å². The summed E-state index contributed by atoms with van der Waals surface area (Å²) in [5.74, 6) is 0.167. The third-order valence-electron chi connectivity index (χ3n) is 7.85. The van der Waals surface area contributed by atoms with Crippen molar-refractivity contribution in [1.29, 1.82) is 5.26 Å². The molecule has 3 saturated heterocycles. The minimum absolute atomic E-state index is 0.00550. The maximum absolute atomic E-state index is 12.7. The van der Waals surface area contributed by atoms with Crippen LogP contribution < -0.4 is 31.7 Å². The number of piperidine rings is 1. The SMILES string of the molecule is CC(C)(C#N)C1CCN(c2ccc(NC3NC(c4ccccc4)NC4CNNC(=O)C43)cc2)CC1. The zero-order valence-electron chi connectivity index (χ0n) is 20.4. The van der Waals surface area contributed by atoms with Gasteiger partial charge in [0.1, 0.15) is 0 Å². The lowest BCUT2D eigenvalue weighted by molar-refractivity contribution is -0.131. The molecule has 0 bridgehead atoms. The fourth-order valence-corrected chi connectivity index (χ4v) is 5.60. The van der Waals surface area contributed by atoms with E-state index in [0.29, 0.717) is 12.5 Å². The molecular formula is C27H35N7O. The first-order chi connectivity index (χ1) is 16.9. The van der Waals surface area contributed by atoms with Crippen molar-refractivity contribution in [1.82, 2.24) is 21.5 Å². The summed E-state index contributed by atoms with van der Waals surface area (Å²) in [6.45, 7) is 6.70.